The van der Waals surface area contributed by atoms with E-state index in [1.807, 2.05) is 37.3 Å². The number of hydrogen-bond acceptors (Lipinski definition) is 4. The van der Waals surface area contributed by atoms with E-state index in [0.717, 1.165) is 17.5 Å². The zero-order valence-electron chi connectivity index (χ0n) is 16.7. The fourth-order valence-electron chi connectivity index (χ4n) is 3.01. The van der Waals surface area contributed by atoms with Gasteiger partial charge < -0.3 is 21.1 Å². The third-order valence-corrected chi connectivity index (χ3v) is 4.58. The molecule has 0 fully saturated rings. The molecule has 0 aliphatic heterocycles. The average molecular weight is 404 g/mol. The van der Waals surface area contributed by atoms with Gasteiger partial charge in [-0.3, -0.25) is 4.79 Å². The van der Waals surface area contributed by atoms with Gasteiger partial charge in [-0.05, 0) is 36.2 Å². The summed E-state index contributed by atoms with van der Waals surface area (Å²) in [5.74, 6) is -0.0416. The Hall–Kier alpha value is -3.87. The molecule has 0 aliphatic rings. The SMILES string of the molecule is CCCN(Cc1ccc(C(=O)Nc2nc(-c3ccccc3)ccc2N)cc1)C(=O)O. The Morgan fingerprint density at radius 2 is 1.73 bits per heavy atom. The van der Waals surface area contributed by atoms with Crippen LogP contribution >= 0.6 is 0 Å². The van der Waals surface area contributed by atoms with Crippen LogP contribution in [0.25, 0.3) is 11.3 Å². The number of nitrogens with one attached hydrogen (secondary N) is 1. The fraction of sp³-hybridized carbons (Fsp3) is 0.174. The van der Waals surface area contributed by atoms with Crippen LogP contribution < -0.4 is 11.1 Å². The summed E-state index contributed by atoms with van der Waals surface area (Å²) in [6.45, 7) is 2.66. The number of nitrogen functional groups attached to an aromatic ring is 1. The number of carbonyl (C=O) groups excluding carboxylic acids is 1. The first kappa shape index (κ1) is 20.9. The number of rotatable bonds is 7. The van der Waals surface area contributed by atoms with E-state index < -0.39 is 6.09 Å². The van der Waals surface area contributed by atoms with Crippen LogP contribution in [0.1, 0.15) is 29.3 Å². The van der Waals surface area contributed by atoms with Crippen LogP contribution in [0, 0.1) is 0 Å². The Morgan fingerprint density at radius 3 is 2.37 bits per heavy atom. The highest BCUT2D eigenvalue weighted by atomic mass is 16.4. The molecule has 0 saturated heterocycles. The third-order valence-electron chi connectivity index (χ3n) is 4.58. The summed E-state index contributed by atoms with van der Waals surface area (Å²) in [6.07, 6.45) is -0.220. The summed E-state index contributed by atoms with van der Waals surface area (Å²) in [4.78, 5) is 29.7. The van der Waals surface area contributed by atoms with Crippen molar-refractivity contribution in [3.63, 3.8) is 0 Å². The summed E-state index contributed by atoms with van der Waals surface area (Å²) >= 11 is 0. The van der Waals surface area contributed by atoms with Gasteiger partial charge in [-0.1, -0.05) is 49.4 Å². The number of anilines is 2. The van der Waals surface area contributed by atoms with Gasteiger partial charge in [-0.25, -0.2) is 9.78 Å². The smallest absolute Gasteiger partial charge is 0.407 e. The molecule has 3 rings (SSSR count). The summed E-state index contributed by atoms with van der Waals surface area (Å²) in [6, 6.07) is 20.0. The standard InChI is InChI=1S/C23H24N4O3/c1-2-14-27(23(29)30)15-16-8-10-18(11-9-16)22(28)26-21-19(24)12-13-20(25-21)17-6-4-3-5-7-17/h3-13H,2,14-15,24H2,1H3,(H,29,30)(H,25,26,28). The molecule has 2 aromatic carbocycles. The molecule has 3 aromatic rings. The average Bonchev–Trinajstić information content (AvgIpc) is 2.76. The molecule has 1 aromatic heterocycles. The Bertz CT molecular complexity index is 1020. The van der Waals surface area contributed by atoms with Gasteiger partial charge in [-0.2, -0.15) is 0 Å². The predicted octanol–water partition coefficient (Wildman–Crippen LogP) is 4.47. The lowest BCUT2D eigenvalue weighted by Gasteiger charge is -2.18. The van der Waals surface area contributed by atoms with E-state index in [9.17, 15) is 14.7 Å². The molecule has 0 saturated carbocycles. The molecule has 7 heteroatoms. The van der Waals surface area contributed by atoms with Crippen LogP contribution in [-0.4, -0.2) is 33.5 Å². The summed E-state index contributed by atoms with van der Waals surface area (Å²) in [5, 5.41) is 12.0. The molecule has 30 heavy (non-hydrogen) atoms. The second kappa shape index (κ2) is 9.56. The molecule has 0 atom stereocenters. The zero-order valence-corrected chi connectivity index (χ0v) is 16.7. The fourth-order valence-corrected chi connectivity index (χ4v) is 3.01. The summed E-state index contributed by atoms with van der Waals surface area (Å²) in [7, 11) is 0. The van der Waals surface area contributed by atoms with Crippen molar-refractivity contribution in [2.24, 2.45) is 0 Å². The highest BCUT2D eigenvalue weighted by Gasteiger charge is 2.13. The van der Waals surface area contributed by atoms with Crippen LogP contribution in [-0.2, 0) is 6.54 Å². The highest BCUT2D eigenvalue weighted by Crippen LogP contribution is 2.23. The molecule has 0 spiro atoms. The minimum Gasteiger partial charge on any atom is -0.465 e. The number of pyridine rings is 1. The van der Waals surface area contributed by atoms with E-state index in [2.05, 4.69) is 10.3 Å². The minimum absolute atomic E-state index is 0.276. The number of hydrogen-bond donors (Lipinski definition) is 3. The quantitative estimate of drug-likeness (QED) is 0.538. The van der Waals surface area contributed by atoms with Crippen molar-refractivity contribution >= 4 is 23.5 Å². The molecule has 2 amide bonds. The van der Waals surface area contributed by atoms with Gasteiger partial charge in [0.1, 0.15) is 0 Å². The van der Waals surface area contributed by atoms with E-state index in [0.29, 0.717) is 29.3 Å². The van der Waals surface area contributed by atoms with E-state index in [1.165, 1.54) is 4.90 Å². The second-order valence-electron chi connectivity index (χ2n) is 6.86. The van der Waals surface area contributed by atoms with Crippen molar-refractivity contribution < 1.29 is 14.7 Å². The van der Waals surface area contributed by atoms with Gasteiger partial charge in [-0.15, -0.1) is 0 Å². The lowest BCUT2D eigenvalue weighted by atomic mass is 10.1. The zero-order chi connectivity index (χ0) is 21.5. The first-order valence-electron chi connectivity index (χ1n) is 9.68. The van der Waals surface area contributed by atoms with Gasteiger partial charge >= 0.3 is 6.09 Å². The highest BCUT2D eigenvalue weighted by molar-refractivity contribution is 6.05. The van der Waals surface area contributed by atoms with Crippen molar-refractivity contribution in [1.82, 2.24) is 9.88 Å². The van der Waals surface area contributed by atoms with Crippen molar-refractivity contribution in [2.45, 2.75) is 19.9 Å². The molecule has 4 N–H and O–H groups in total. The van der Waals surface area contributed by atoms with E-state index >= 15 is 0 Å². The number of nitrogens with zero attached hydrogens (tertiary/aromatic N) is 2. The number of benzene rings is 2. The molecular formula is C23H24N4O3. The van der Waals surface area contributed by atoms with Crippen LogP contribution in [0.2, 0.25) is 0 Å². The van der Waals surface area contributed by atoms with Crippen molar-refractivity contribution in [2.75, 3.05) is 17.6 Å². The van der Waals surface area contributed by atoms with Crippen molar-refractivity contribution in [1.29, 1.82) is 0 Å². The molecular weight excluding hydrogens is 380 g/mol. The lowest BCUT2D eigenvalue weighted by Crippen LogP contribution is -2.29. The molecule has 154 valence electrons. The van der Waals surface area contributed by atoms with Gasteiger partial charge in [0.15, 0.2) is 5.82 Å². The first-order chi connectivity index (χ1) is 14.5. The number of amides is 2. The van der Waals surface area contributed by atoms with Crippen LogP contribution in [0.5, 0.6) is 0 Å². The Morgan fingerprint density at radius 1 is 1.03 bits per heavy atom. The maximum atomic E-state index is 12.6. The second-order valence-corrected chi connectivity index (χ2v) is 6.86. The van der Waals surface area contributed by atoms with E-state index in [-0.39, 0.29) is 12.5 Å². The number of aromatic nitrogens is 1. The van der Waals surface area contributed by atoms with Crippen molar-refractivity contribution in [3.05, 3.63) is 77.9 Å². The van der Waals surface area contributed by atoms with Crippen LogP contribution in [0.3, 0.4) is 0 Å². The van der Waals surface area contributed by atoms with Crippen LogP contribution in [0.15, 0.2) is 66.7 Å². The molecule has 1 heterocycles. The van der Waals surface area contributed by atoms with E-state index in [4.69, 9.17) is 5.73 Å². The van der Waals surface area contributed by atoms with Crippen LogP contribution in [0.4, 0.5) is 16.3 Å². The predicted molar refractivity (Wildman–Crippen MR) is 117 cm³/mol. The van der Waals surface area contributed by atoms with E-state index in [1.54, 1.807) is 36.4 Å². The molecule has 0 aliphatic carbocycles. The Balaban J connectivity index is 1.72. The van der Waals surface area contributed by atoms with Gasteiger partial charge in [0, 0.05) is 24.2 Å². The first-order valence-corrected chi connectivity index (χ1v) is 9.68. The van der Waals surface area contributed by atoms with Gasteiger partial charge in [0.25, 0.3) is 5.91 Å². The molecule has 0 bridgehead atoms. The normalized spacial score (nSPS) is 10.4. The summed E-state index contributed by atoms with van der Waals surface area (Å²) in [5.41, 5.74) is 9.24. The molecule has 7 nitrogen and oxygen atoms in total. The molecule has 0 unspecified atom stereocenters. The van der Waals surface area contributed by atoms with Gasteiger partial charge in [0.05, 0.1) is 11.4 Å². The Labute approximate surface area is 175 Å². The third kappa shape index (κ3) is 5.14. The topological polar surface area (TPSA) is 109 Å². The number of carbonyl (C=O) groups is 2. The maximum absolute atomic E-state index is 12.6. The largest absolute Gasteiger partial charge is 0.465 e. The monoisotopic (exact) mass is 404 g/mol. The minimum atomic E-state index is -0.960. The summed E-state index contributed by atoms with van der Waals surface area (Å²) < 4.78 is 0. The maximum Gasteiger partial charge on any atom is 0.407 e. The molecule has 0 radical (unpaired) electrons. The van der Waals surface area contributed by atoms with Gasteiger partial charge in [0.2, 0.25) is 0 Å². The van der Waals surface area contributed by atoms with Crippen molar-refractivity contribution in [3.8, 4) is 11.3 Å². The lowest BCUT2D eigenvalue weighted by molar-refractivity contribution is 0.102. The number of nitrogens with two attached hydrogens (primary N) is 1. The number of carboxylic acid groups (broad SMARTS) is 1. The Kier molecular flexibility index (Phi) is 6.64.